The molecule has 1 saturated heterocycles. The molecule has 176 valence electrons. The number of aromatic amines is 1. The van der Waals surface area contributed by atoms with E-state index in [0.29, 0.717) is 35.6 Å². The molecule has 5 rings (SSSR count). The Morgan fingerprint density at radius 3 is 2.74 bits per heavy atom. The number of likely N-dealkylation sites (tertiary alicyclic amines) is 1. The van der Waals surface area contributed by atoms with Crippen LogP contribution in [0.5, 0.6) is 0 Å². The van der Waals surface area contributed by atoms with Crippen molar-refractivity contribution in [2.45, 2.75) is 38.4 Å². The van der Waals surface area contributed by atoms with Gasteiger partial charge in [-0.25, -0.2) is 9.67 Å². The van der Waals surface area contributed by atoms with E-state index in [2.05, 4.69) is 15.1 Å². The van der Waals surface area contributed by atoms with Crippen molar-refractivity contribution >= 4 is 28.5 Å². The summed E-state index contributed by atoms with van der Waals surface area (Å²) in [7, 11) is 0. The monoisotopic (exact) mass is 487 g/mol. The molecule has 0 spiro atoms. The maximum atomic E-state index is 13.8. The van der Waals surface area contributed by atoms with E-state index in [1.165, 1.54) is 6.07 Å². The van der Waals surface area contributed by atoms with Crippen LogP contribution in [0.25, 0.3) is 16.7 Å². The highest BCUT2D eigenvalue weighted by Crippen LogP contribution is 2.41. The minimum Gasteiger partial charge on any atom is -0.340 e. The van der Waals surface area contributed by atoms with Crippen LogP contribution in [0.4, 0.5) is 13.2 Å². The van der Waals surface area contributed by atoms with Crippen LogP contribution in [-0.4, -0.2) is 37.1 Å². The number of H-pyrrole nitrogens is 1. The maximum Gasteiger partial charge on any atom is 0.417 e. The van der Waals surface area contributed by atoms with Crippen molar-refractivity contribution in [3.63, 3.8) is 0 Å². The summed E-state index contributed by atoms with van der Waals surface area (Å²) in [6, 6.07) is 9.55. The molecular formula is C24H21ClF3N5O. The summed E-state index contributed by atoms with van der Waals surface area (Å²) in [5, 5.41) is 3.87. The first-order valence-corrected chi connectivity index (χ1v) is 11.2. The van der Waals surface area contributed by atoms with Crippen molar-refractivity contribution < 1.29 is 18.0 Å². The second-order valence-corrected chi connectivity index (χ2v) is 9.15. The SMILES string of the molecule is Cc1ccc(-n2cccn2)c(C(=O)N2CCCC2(C)c2nc3cc(C(F)(F)F)c(Cl)cc3[nH]2)c1. The van der Waals surface area contributed by atoms with Gasteiger partial charge in [-0.3, -0.25) is 4.79 Å². The molecule has 34 heavy (non-hydrogen) atoms. The van der Waals surface area contributed by atoms with Crippen LogP contribution in [0.15, 0.2) is 48.8 Å². The Morgan fingerprint density at radius 2 is 2.03 bits per heavy atom. The molecule has 4 aromatic rings. The average molecular weight is 488 g/mol. The summed E-state index contributed by atoms with van der Waals surface area (Å²) in [5.74, 6) is 0.237. The molecule has 0 bridgehead atoms. The van der Waals surface area contributed by atoms with E-state index in [9.17, 15) is 18.0 Å². The number of imidazole rings is 1. The number of rotatable bonds is 3. The van der Waals surface area contributed by atoms with Crippen molar-refractivity contribution in [2.75, 3.05) is 6.54 Å². The molecule has 0 saturated carbocycles. The highest BCUT2D eigenvalue weighted by Gasteiger charge is 2.44. The first kappa shape index (κ1) is 22.5. The van der Waals surface area contributed by atoms with Crippen molar-refractivity contribution in [3.05, 3.63) is 76.3 Å². The fourth-order valence-corrected chi connectivity index (χ4v) is 4.89. The standard InChI is InChI=1S/C24H21ClF3N5O/c1-14-5-6-20(33-10-4-8-29-33)15(11-14)21(34)32-9-3-7-23(32,2)22-30-18-12-16(24(26,27)28)17(25)13-19(18)31-22/h4-6,8,10-13H,3,7,9H2,1-2H3,(H,30,31). The Bertz CT molecular complexity index is 1400. The quantitative estimate of drug-likeness (QED) is 0.392. The Morgan fingerprint density at radius 1 is 1.24 bits per heavy atom. The van der Waals surface area contributed by atoms with Gasteiger partial charge in [-0.05, 0) is 57.0 Å². The first-order valence-electron chi connectivity index (χ1n) is 10.8. The van der Waals surface area contributed by atoms with E-state index in [4.69, 9.17) is 11.6 Å². The van der Waals surface area contributed by atoms with Crippen LogP contribution in [0.2, 0.25) is 5.02 Å². The Labute approximate surface area is 198 Å². The number of aryl methyl sites for hydroxylation is 1. The van der Waals surface area contributed by atoms with Gasteiger partial charge in [-0.15, -0.1) is 0 Å². The molecule has 1 N–H and O–H groups in total. The lowest BCUT2D eigenvalue weighted by molar-refractivity contribution is -0.137. The smallest absolute Gasteiger partial charge is 0.340 e. The average Bonchev–Trinajstić information content (AvgIpc) is 3.51. The van der Waals surface area contributed by atoms with Crippen molar-refractivity contribution in [2.24, 2.45) is 0 Å². The van der Waals surface area contributed by atoms with Gasteiger partial charge in [0.25, 0.3) is 5.91 Å². The topological polar surface area (TPSA) is 66.8 Å². The molecule has 1 atom stereocenters. The zero-order valence-corrected chi connectivity index (χ0v) is 19.2. The van der Waals surface area contributed by atoms with Crippen LogP contribution in [0.1, 0.15) is 47.1 Å². The van der Waals surface area contributed by atoms with Gasteiger partial charge in [0.05, 0.1) is 38.4 Å². The second kappa shape index (κ2) is 7.87. The molecule has 6 nitrogen and oxygen atoms in total. The summed E-state index contributed by atoms with van der Waals surface area (Å²) in [6.07, 6.45) is 0.171. The number of aromatic nitrogens is 4. The summed E-state index contributed by atoms with van der Waals surface area (Å²) in [4.78, 5) is 23.2. The fourth-order valence-electron chi connectivity index (χ4n) is 4.62. The van der Waals surface area contributed by atoms with Gasteiger partial charge in [0.2, 0.25) is 0 Å². The minimum absolute atomic E-state index is 0.153. The van der Waals surface area contributed by atoms with E-state index in [-0.39, 0.29) is 11.4 Å². The van der Waals surface area contributed by atoms with E-state index in [0.717, 1.165) is 18.1 Å². The van der Waals surface area contributed by atoms with Crippen LogP contribution in [-0.2, 0) is 11.7 Å². The number of nitrogens with one attached hydrogen (secondary N) is 1. The number of nitrogens with zero attached hydrogens (tertiary/aromatic N) is 4. The van der Waals surface area contributed by atoms with E-state index >= 15 is 0 Å². The third kappa shape index (κ3) is 3.64. The van der Waals surface area contributed by atoms with Gasteiger partial charge < -0.3 is 9.88 Å². The summed E-state index contributed by atoms with van der Waals surface area (Å²) in [5.41, 5.74) is 0.857. The third-order valence-electron chi connectivity index (χ3n) is 6.41. The van der Waals surface area contributed by atoms with Crippen molar-refractivity contribution in [1.82, 2.24) is 24.6 Å². The molecule has 1 fully saturated rings. The lowest BCUT2D eigenvalue weighted by Gasteiger charge is -2.34. The van der Waals surface area contributed by atoms with E-state index in [1.807, 2.05) is 32.0 Å². The van der Waals surface area contributed by atoms with E-state index < -0.39 is 22.3 Å². The molecule has 0 radical (unpaired) electrons. The van der Waals surface area contributed by atoms with Crippen LogP contribution in [0.3, 0.4) is 0 Å². The van der Waals surface area contributed by atoms with Crippen molar-refractivity contribution in [1.29, 1.82) is 0 Å². The number of fused-ring (bicyclic) bond motifs is 1. The third-order valence-corrected chi connectivity index (χ3v) is 6.72. The zero-order chi connectivity index (χ0) is 24.3. The summed E-state index contributed by atoms with van der Waals surface area (Å²) in [6.45, 7) is 4.28. The molecule has 0 aliphatic carbocycles. The molecule has 10 heteroatoms. The number of carbonyl (C=O) groups excluding carboxylic acids is 1. The predicted molar refractivity (Wildman–Crippen MR) is 122 cm³/mol. The molecule has 1 amide bonds. The molecule has 2 aromatic carbocycles. The van der Waals surface area contributed by atoms with Crippen molar-refractivity contribution in [3.8, 4) is 5.69 Å². The number of hydrogen-bond acceptors (Lipinski definition) is 3. The van der Waals surface area contributed by atoms with Gasteiger partial charge in [-0.1, -0.05) is 23.2 Å². The molecule has 3 heterocycles. The lowest BCUT2D eigenvalue weighted by Crippen LogP contribution is -2.44. The van der Waals surface area contributed by atoms with Crippen LogP contribution in [0, 0.1) is 6.92 Å². The zero-order valence-electron chi connectivity index (χ0n) is 18.4. The Balaban J connectivity index is 1.57. The lowest BCUT2D eigenvalue weighted by atomic mass is 9.96. The van der Waals surface area contributed by atoms with Crippen LogP contribution >= 0.6 is 11.6 Å². The number of benzene rings is 2. The van der Waals surface area contributed by atoms with Gasteiger partial charge in [-0.2, -0.15) is 18.3 Å². The molecule has 1 unspecified atom stereocenters. The molecule has 1 aliphatic heterocycles. The van der Waals surface area contributed by atoms with Gasteiger partial charge in [0.15, 0.2) is 0 Å². The molecule has 2 aromatic heterocycles. The largest absolute Gasteiger partial charge is 0.417 e. The Hall–Kier alpha value is -3.33. The van der Waals surface area contributed by atoms with E-state index in [1.54, 1.807) is 28.0 Å². The number of halogens is 4. The second-order valence-electron chi connectivity index (χ2n) is 8.74. The number of amides is 1. The fraction of sp³-hybridized carbons (Fsp3) is 0.292. The summed E-state index contributed by atoms with van der Waals surface area (Å²) < 4.78 is 41.6. The number of hydrogen-bond donors (Lipinski definition) is 1. The maximum absolute atomic E-state index is 13.8. The highest BCUT2D eigenvalue weighted by atomic mass is 35.5. The Kier molecular flexibility index (Phi) is 5.20. The van der Waals surface area contributed by atoms with Gasteiger partial charge in [0.1, 0.15) is 5.82 Å². The first-order chi connectivity index (χ1) is 16.1. The van der Waals surface area contributed by atoms with Gasteiger partial charge in [0, 0.05) is 18.9 Å². The number of carbonyl (C=O) groups is 1. The molecule has 1 aliphatic rings. The normalized spacial score (nSPS) is 18.7. The molecular weight excluding hydrogens is 467 g/mol. The van der Waals surface area contributed by atoms with Crippen LogP contribution < -0.4 is 0 Å². The van der Waals surface area contributed by atoms with Gasteiger partial charge >= 0.3 is 6.18 Å². The summed E-state index contributed by atoms with van der Waals surface area (Å²) >= 11 is 5.89. The highest BCUT2D eigenvalue weighted by molar-refractivity contribution is 6.32. The minimum atomic E-state index is -4.59. The predicted octanol–water partition coefficient (Wildman–Crippen LogP) is 5.88. The number of alkyl halides is 3.